The van der Waals surface area contributed by atoms with Crippen LogP contribution in [0.3, 0.4) is 0 Å². The molecular formula is C24H27F2N3O5S. The highest BCUT2D eigenvalue weighted by Gasteiger charge is 2.25. The summed E-state index contributed by atoms with van der Waals surface area (Å²) < 4.78 is 50.0. The molecule has 0 bridgehead atoms. The number of anilines is 1. The smallest absolute Gasteiger partial charge is 0.260 e. The number of carbonyl (C=O) groups excluding carboxylic acids is 1. The highest BCUT2D eigenvalue weighted by molar-refractivity contribution is 7.22. The largest absolute Gasteiger partial charge is 0.493 e. The number of morpholine rings is 1. The molecule has 8 nitrogen and oxygen atoms in total. The zero-order valence-corrected chi connectivity index (χ0v) is 20.6. The molecule has 0 aliphatic carbocycles. The van der Waals surface area contributed by atoms with Gasteiger partial charge >= 0.3 is 0 Å². The number of thiazole rings is 1. The number of rotatable bonds is 9. The van der Waals surface area contributed by atoms with Gasteiger partial charge < -0.3 is 18.9 Å². The first-order valence-corrected chi connectivity index (χ1v) is 11.9. The standard InChI is InChI=1S/C24H27F2N3O5S/c1-31-18-11-15(12-19(32-2)22(18)33-3)23(30)29(6-4-5-28-7-9-34-10-8-28)24-27-21-17(26)13-16(25)14-20(21)35-24/h11-14H,4-10H2,1-3H3. The van der Waals surface area contributed by atoms with E-state index in [0.29, 0.717) is 48.1 Å². The summed E-state index contributed by atoms with van der Waals surface area (Å²) in [7, 11) is 4.42. The Balaban J connectivity index is 1.68. The third kappa shape index (κ3) is 5.47. The molecule has 0 spiro atoms. The van der Waals surface area contributed by atoms with E-state index in [-0.39, 0.29) is 22.1 Å². The molecule has 1 aliphatic heterocycles. The van der Waals surface area contributed by atoms with Crippen LogP contribution in [0.15, 0.2) is 24.3 Å². The van der Waals surface area contributed by atoms with Crippen LogP contribution in [0.2, 0.25) is 0 Å². The zero-order chi connectivity index (χ0) is 24.9. The molecule has 0 saturated carbocycles. The van der Waals surface area contributed by atoms with Crippen LogP contribution in [-0.4, -0.2) is 76.5 Å². The van der Waals surface area contributed by atoms with E-state index >= 15 is 0 Å². The fraction of sp³-hybridized carbons (Fsp3) is 0.417. The Hall–Kier alpha value is -3.02. The van der Waals surface area contributed by atoms with Crippen LogP contribution in [0.1, 0.15) is 16.8 Å². The molecule has 2 heterocycles. The lowest BCUT2D eigenvalue weighted by Gasteiger charge is -2.28. The molecule has 1 aliphatic rings. The lowest BCUT2D eigenvalue weighted by Crippen LogP contribution is -2.39. The van der Waals surface area contributed by atoms with E-state index in [1.165, 1.54) is 32.3 Å². The maximum atomic E-state index is 14.4. The van der Waals surface area contributed by atoms with Gasteiger partial charge in [0, 0.05) is 37.8 Å². The molecule has 1 amide bonds. The number of nitrogens with zero attached hydrogens (tertiary/aromatic N) is 3. The van der Waals surface area contributed by atoms with Gasteiger partial charge in [0.25, 0.3) is 5.91 Å². The molecule has 2 aromatic carbocycles. The minimum Gasteiger partial charge on any atom is -0.493 e. The average molecular weight is 508 g/mol. The Bertz CT molecular complexity index is 1170. The number of methoxy groups -OCH3 is 3. The van der Waals surface area contributed by atoms with Crippen LogP contribution in [0.5, 0.6) is 17.2 Å². The fourth-order valence-corrected chi connectivity index (χ4v) is 5.01. The van der Waals surface area contributed by atoms with Crippen molar-refractivity contribution in [2.75, 3.05) is 65.6 Å². The molecular weight excluding hydrogens is 480 g/mol. The third-order valence-corrected chi connectivity index (χ3v) is 6.77. The summed E-state index contributed by atoms with van der Waals surface area (Å²) in [5.41, 5.74) is 0.319. The monoisotopic (exact) mass is 507 g/mol. The summed E-state index contributed by atoms with van der Waals surface area (Å²) in [4.78, 5) is 21.8. The van der Waals surface area contributed by atoms with Crippen molar-refractivity contribution in [2.45, 2.75) is 6.42 Å². The summed E-state index contributed by atoms with van der Waals surface area (Å²) in [6.45, 7) is 4.10. The molecule has 0 unspecified atom stereocenters. The van der Waals surface area contributed by atoms with Gasteiger partial charge in [-0.15, -0.1) is 0 Å². The second kappa shape index (κ2) is 11.1. The Kier molecular flexibility index (Phi) is 7.99. The highest BCUT2D eigenvalue weighted by atomic mass is 32.1. The molecule has 4 rings (SSSR count). The van der Waals surface area contributed by atoms with Crippen molar-refractivity contribution >= 4 is 32.6 Å². The predicted octanol–water partition coefficient (Wildman–Crippen LogP) is 3.97. The maximum absolute atomic E-state index is 14.4. The highest BCUT2D eigenvalue weighted by Crippen LogP contribution is 2.39. The first-order chi connectivity index (χ1) is 16.9. The van der Waals surface area contributed by atoms with Gasteiger partial charge in [0.1, 0.15) is 11.3 Å². The summed E-state index contributed by atoms with van der Waals surface area (Å²) in [5, 5.41) is 0.283. The number of carbonyl (C=O) groups is 1. The van der Waals surface area contributed by atoms with Crippen molar-refractivity contribution in [1.29, 1.82) is 0 Å². The van der Waals surface area contributed by atoms with Crippen molar-refractivity contribution in [2.24, 2.45) is 0 Å². The SMILES string of the molecule is COc1cc(C(=O)N(CCCN2CCOCC2)c2nc3c(F)cc(F)cc3s2)cc(OC)c1OC. The van der Waals surface area contributed by atoms with Gasteiger partial charge in [0.2, 0.25) is 5.75 Å². The summed E-state index contributed by atoms with van der Waals surface area (Å²) in [6.07, 6.45) is 0.656. The van der Waals surface area contributed by atoms with Gasteiger partial charge in [-0.05, 0) is 24.6 Å². The molecule has 0 atom stereocenters. The topological polar surface area (TPSA) is 73.4 Å². The number of aromatic nitrogens is 1. The summed E-state index contributed by atoms with van der Waals surface area (Å²) >= 11 is 1.06. The molecule has 1 fully saturated rings. The molecule has 0 radical (unpaired) electrons. The van der Waals surface area contributed by atoms with Crippen LogP contribution >= 0.6 is 11.3 Å². The number of hydrogen-bond donors (Lipinski definition) is 0. The van der Waals surface area contributed by atoms with Gasteiger partial charge in [-0.3, -0.25) is 14.6 Å². The summed E-state index contributed by atoms with van der Waals surface area (Å²) in [6, 6.07) is 5.13. The van der Waals surface area contributed by atoms with Crippen LogP contribution in [0.25, 0.3) is 10.2 Å². The van der Waals surface area contributed by atoms with E-state index in [4.69, 9.17) is 18.9 Å². The van der Waals surface area contributed by atoms with E-state index in [1.807, 2.05) is 0 Å². The van der Waals surface area contributed by atoms with Crippen LogP contribution < -0.4 is 19.1 Å². The van der Waals surface area contributed by atoms with Crippen LogP contribution in [-0.2, 0) is 4.74 Å². The van der Waals surface area contributed by atoms with E-state index < -0.39 is 11.6 Å². The first-order valence-electron chi connectivity index (χ1n) is 11.1. The third-order valence-electron chi connectivity index (χ3n) is 5.75. The molecule has 3 aromatic rings. The minimum absolute atomic E-state index is 0.0299. The van der Waals surface area contributed by atoms with E-state index in [2.05, 4.69) is 9.88 Å². The lowest BCUT2D eigenvalue weighted by atomic mass is 10.1. The molecule has 1 saturated heterocycles. The molecule has 35 heavy (non-hydrogen) atoms. The molecule has 0 N–H and O–H groups in total. The second-order valence-corrected chi connectivity index (χ2v) is 8.92. The number of halogens is 2. The zero-order valence-electron chi connectivity index (χ0n) is 19.8. The van der Waals surface area contributed by atoms with Crippen molar-refractivity contribution in [3.8, 4) is 17.2 Å². The molecule has 1 aromatic heterocycles. The Morgan fingerprint density at radius 3 is 2.40 bits per heavy atom. The van der Waals surface area contributed by atoms with E-state index in [1.54, 1.807) is 12.1 Å². The fourth-order valence-electron chi connectivity index (χ4n) is 3.98. The van der Waals surface area contributed by atoms with Crippen molar-refractivity contribution in [3.05, 3.63) is 41.5 Å². The van der Waals surface area contributed by atoms with Gasteiger partial charge in [-0.1, -0.05) is 11.3 Å². The lowest BCUT2D eigenvalue weighted by molar-refractivity contribution is 0.0376. The number of benzene rings is 2. The Morgan fingerprint density at radius 2 is 1.77 bits per heavy atom. The predicted molar refractivity (Wildman–Crippen MR) is 129 cm³/mol. The summed E-state index contributed by atoms with van der Waals surface area (Å²) in [5.74, 6) is -0.799. The van der Waals surface area contributed by atoms with Crippen LogP contribution in [0.4, 0.5) is 13.9 Å². The minimum atomic E-state index is -0.768. The van der Waals surface area contributed by atoms with Gasteiger partial charge in [-0.25, -0.2) is 13.8 Å². The normalized spacial score (nSPS) is 14.2. The van der Waals surface area contributed by atoms with Gasteiger partial charge in [-0.2, -0.15) is 0 Å². The number of hydrogen-bond acceptors (Lipinski definition) is 8. The van der Waals surface area contributed by atoms with E-state index in [9.17, 15) is 13.6 Å². The quantitative estimate of drug-likeness (QED) is 0.434. The first kappa shape index (κ1) is 25.1. The van der Waals surface area contributed by atoms with E-state index in [0.717, 1.165) is 37.0 Å². The second-order valence-electron chi connectivity index (χ2n) is 7.91. The Morgan fingerprint density at radius 1 is 1.09 bits per heavy atom. The van der Waals surface area contributed by atoms with Crippen LogP contribution in [0, 0.1) is 11.6 Å². The van der Waals surface area contributed by atoms with Gasteiger partial charge in [0.15, 0.2) is 22.4 Å². The van der Waals surface area contributed by atoms with Crippen molar-refractivity contribution in [3.63, 3.8) is 0 Å². The number of ether oxygens (including phenoxy) is 4. The molecule has 11 heteroatoms. The number of fused-ring (bicyclic) bond motifs is 1. The maximum Gasteiger partial charge on any atom is 0.260 e. The Labute approximate surface area is 206 Å². The number of amides is 1. The average Bonchev–Trinajstić information content (AvgIpc) is 3.30. The molecule has 188 valence electrons. The van der Waals surface area contributed by atoms with Crippen molar-refractivity contribution in [1.82, 2.24) is 9.88 Å². The van der Waals surface area contributed by atoms with Crippen molar-refractivity contribution < 1.29 is 32.5 Å². The van der Waals surface area contributed by atoms with Gasteiger partial charge in [0.05, 0.1) is 39.2 Å².